The fourth-order valence-corrected chi connectivity index (χ4v) is 2.88. The van der Waals surface area contributed by atoms with E-state index in [1.54, 1.807) is 0 Å². The number of rotatable bonds is 2. The van der Waals surface area contributed by atoms with Gasteiger partial charge in [-0.2, -0.15) is 0 Å². The molecule has 0 spiro atoms. The summed E-state index contributed by atoms with van der Waals surface area (Å²) < 4.78 is 5.18. The first-order valence-electron chi connectivity index (χ1n) is 5.97. The molecule has 2 nitrogen and oxygen atoms in total. The zero-order valence-corrected chi connectivity index (χ0v) is 9.05. The highest BCUT2D eigenvalue weighted by Crippen LogP contribution is 2.60. The summed E-state index contributed by atoms with van der Waals surface area (Å²) in [6.45, 7) is 2.43. The van der Waals surface area contributed by atoms with Gasteiger partial charge >= 0.3 is 5.97 Å². The Bertz CT molecular complexity index is 224. The van der Waals surface area contributed by atoms with Crippen LogP contribution in [0, 0.1) is 11.3 Å². The standard InChI is InChI=1S/C12H20O2/c1-2-14-11(13)12-8-6-4-3-5-7-10(12)9-12/h10H,2-9H2,1H3/t10-,12-/m1/s1. The highest BCUT2D eigenvalue weighted by atomic mass is 16.5. The molecular formula is C12H20O2. The third-order valence-corrected chi connectivity index (χ3v) is 3.84. The molecule has 2 atom stereocenters. The third-order valence-electron chi connectivity index (χ3n) is 3.84. The molecule has 80 valence electrons. The van der Waals surface area contributed by atoms with E-state index in [0.717, 1.165) is 12.8 Å². The van der Waals surface area contributed by atoms with Crippen molar-refractivity contribution < 1.29 is 9.53 Å². The first-order chi connectivity index (χ1) is 6.79. The second-order valence-corrected chi connectivity index (χ2v) is 4.73. The number of hydrogen-bond donors (Lipinski definition) is 0. The van der Waals surface area contributed by atoms with E-state index in [1.165, 1.54) is 32.1 Å². The van der Waals surface area contributed by atoms with Crippen molar-refractivity contribution >= 4 is 5.97 Å². The first kappa shape index (κ1) is 10.0. The lowest BCUT2D eigenvalue weighted by Gasteiger charge is -2.18. The van der Waals surface area contributed by atoms with Crippen molar-refractivity contribution in [3.05, 3.63) is 0 Å². The van der Waals surface area contributed by atoms with Gasteiger partial charge in [-0.25, -0.2) is 0 Å². The lowest BCUT2D eigenvalue weighted by atomic mass is 9.90. The second-order valence-electron chi connectivity index (χ2n) is 4.73. The molecule has 0 aliphatic heterocycles. The van der Waals surface area contributed by atoms with Crippen molar-refractivity contribution in [1.29, 1.82) is 0 Å². The van der Waals surface area contributed by atoms with E-state index < -0.39 is 0 Å². The van der Waals surface area contributed by atoms with Gasteiger partial charge in [0.05, 0.1) is 12.0 Å². The minimum Gasteiger partial charge on any atom is -0.466 e. The minimum absolute atomic E-state index is 0.0313. The largest absolute Gasteiger partial charge is 0.466 e. The van der Waals surface area contributed by atoms with E-state index in [-0.39, 0.29) is 11.4 Å². The fraction of sp³-hybridized carbons (Fsp3) is 0.917. The first-order valence-corrected chi connectivity index (χ1v) is 5.97. The Labute approximate surface area is 86.0 Å². The molecule has 0 heterocycles. The molecule has 0 radical (unpaired) electrons. The Morgan fingerprint density at radius 2 is 2.14 bits per heavy atom. The van der Waals surface area contributed by atoms with Gasteiger partial charge in [0, 0.05) is 0 Å². The monoisotopic (exact) mass is 196 g/mol. The molecule has 2 aliphatic rings. The van der Waals surface area contributed by atoms with Crippen LogP contribution >= 0.6 is 0 Å². The topological polar surface area (TPSA) is 26.3 Å². The summed E-state index contributed by atoms with van der Waals surface area (Å²) >= 11 is 0. The van der Waals surface area contributed by atoms with E-state index in [1.807, 2.05) is 6.92 Å². The lowest BCUT2D eigenvalue weighted by Crippen LogP contribution is -2.22. The second kappa shape index (κ2) is 3.92. The summed E-state index contributed by atoms with van der Waals surface area (Å²) in [5, 5.41) is 0. The normalized spacial score (nSPS) is 36.5. The smallest absolute Gasteiger partial charge is 0.312 e. The van der Waals surface area contributed by atoms with Crippen molar-refractivity contribution in [3.8, 4) is 0 Å². The van der Waals surface area contributed by atoms with Crippen LogP contribution in [0.1, 0.15) is 51.9 Å². The zero-order chi connectivity index (χ0) is 10.0. The van der Waals surface area contributed by atoms with Gasteiger partial charge in [0.1, 0.15) is 0 Å². The van der Waals surface area contributed by atoms with Gasteiger partial charge < -0.3 is 4.74 Å². The zero-order valence-electron chi connectivity index (χ0n) is 9.05. The van der Waals surface area contributed by atoms with E-state index >= 15 is 0 Å². The number of ether oxygens (including phenoxy) is 1. The van der Waals surface area contributed by atoms with Crippen LogP contribution in [0.15, 0.2) is 0 Å². The van der Waals surface area contributed by atoms with Crippen LogP contribution in [0.3, 0.4) is 0 Å². The lowest BCUT2D eigenvalue weighted by molar-refractivity contribution is -0.150. The van der Waals surface area contributed by atoms with Crippen LogP contribution in [0.4, 0.5) is 0 Å². The molecule has 0 bridgehead atoms. The van der Waals surface area contributed by atoms with Crippen molar-refractivity contribution in [2.24, 2.45) is 11.3 Å². The number of esters is 1. The van der Waals surface area contributed by atoms with Crippen molar-refractivity contribution in [2.75, 3.05) is 6.61 Å². The molecule has 0 aromatic carbocycles. The van der Waals surface area contributed by atoms with E-state index in [2.05, 4.69) is 0 Å². The summed E-state index contributed by atoms with van der Waals surface area (Å²) in [7, 11) is 0. The van der Waals surface area contributed by atoms with Crippen LogP contribution < -0.4 is 0 Å². The van der Waals surface area contributed by atoms with Gasteiger partial charge in [-0.15, -0.1) is 0 Å². The maximum atomic E-state index is 11.8. The quantitative estimate of drug-likeness (QED) is 0.635. The van der Waals surface area contributed by atoms with Gasteiger partial charge in [-0.05, 0) is 32.1 Å². The number of carbonyl (C=O) groups excluding carboxylic acids is 1. The van der Waals surface area contributed by atoms with E-state index in [4.69, 9.17) is 4.74 Å². The Morgan fingerprint density at radius 1 is 1.36 bits per heavy atom. The molecule has 2 rings (SSSR count). The molecule has 14 heavy (non-hydrogen) atoms. The van der Waals surface area contributed by atoms with E-state index in [9.17, 15) is 4.79 Å². The van der Waals surface area contributed by atoms with Crippen LogP contribution in [0.2, 0.25) is 0 Å². The maximum Gasteiger partial charge on any atom is 0.312 e. The Balaban J connectivity index is 1.97. The summed E-state index contributed by atoms with van der Waals surface area (Å²) in [5.41, 5.74) is -0.0313. The molecule has 0 amide bonds. The van der Waals surface area contributed by atoms with Gasteiger partial charge in [0.15, 0.2) is 0 Å². The molecule has 0 unspecified atom stereocenters. The Morgan fingerprint density at radius 3 is 2.93 bits per heavy atom. The molecule has 2 aliphatic carbocycles. The average molecular weight is 196 g/mol. The Kier molecular flexibility index (Phi) is 2.80. The predicted molar refractivity (Wildman–Crippen MR) is 54.9 cm³/mol. The molecule has 2 saturated carbocycles. The van der Waals surface area contributed by atoms with Crippen molar-refractivity contribution in [1.82, 2.24) is 0 Å². The van der Waals surface area contributed by atoms with Crippen LogP contribution in [-0.2, 0) is 9.53 Å². The fourth-order valence-electron chi connectivity index (χ4n) is 2.88. The van der Waals surface area contributed by atoms with Crippen LogP contribution in [0.25, 0.3) is 0 Å². The summed E-state index contributed by atoms with van der Waals surface area (Å²) in [6.07, 6.45) is 8.62. The molecule has 0 N–H and O–H groups in total. The van der Waals surface area contributed by atoms with Crippen LogP contribution in [-0.4, -0.2) is 12.6 Å². The highest BCUT2D eigenvalue weighted by molar-refractivity contribution is 5.80. The van der Waals surface area contributed by atoms with E-state index in [0.29, 0.717) is 12.5 Å². The predicted octanol–water partition coefficient (Wildman–Crippen LogP) is 2.91. The number of fused-ring (bicyclic) bond motifs is 1. The minimum atomic E-state index is -0.0313. The van der Waals surface area contributed by atoms with Crippen molar-refractivity contribution in [2.45, 2.75) is 51.9 Å². The summed E-state index contributed by atoms with van der Waals surface area (Å²) in [5.74, 6) is 0.744. The summed E-state index contributed by atoms with van der Waals surface area (Å²) in [6, 6.07) is 0. The molecule has 2 heteroatoms. The van der Waals surface area contributed by atoms with Gasteiger partial charge in [0.2, 0.25) is 0 Å². The summed E-state index contributed by atoms with van der Waals surface area (Å²) in [4.78, 5) is 11.8. The number of carbonyl (C=O) groups is 1. The molecular weight excluding hydrogens is 176 g/mol. The highest BCUT2D eigenvalue weighted by Gasteiger charge is 2.59. The molecule has 0 saturated heterocycles. The van der Waals surface area contributed by atoms with Crippen LogP contribution in [0.5, 0.6) is 0 Å². The maximum absolute atomic E-state index is 11.8. The van der Waals surface area contributed by atoms with Gasteiger partial charge in [-0.1, -0.05) is 25.7 Å². The Hall–Kier alpha value is -0.530. The van der Waals surface area contributed by atoms with Gasteiger partial charge in [-0.3, -0.25) is 4.79 Å². The SMILES string of the molecule is CCOC(=O)[C@@]12CCCCCC[C@@H]1C2. The average Bonchev–Trinajstić information content (AvgIpc) is 2.80. The number of hydrogen-bond acceptors (Lipinski definition) is 2. The third kappa shape index (κ3) is 1.67. The molecule has 0 aromatic heterocycles. The van der Waals surface area contributed by atoms with Gasteiger partial charge in [0.25, 0.3) is 0 Å². The van der Waals surface area contributed by atoms with Crippen molar-refractivity contribution in [3.63, 3.8) is 0 Å². The molecule has 2 fully saturated rings. The molecule has 0 aromatic rings.